The predicted octanol–water partition coefficient (Wildman–Crippen LogP) is -3.55. The molecule has 15 heteroatoms. The fourth-order valence-electron chi connectivity index (χ4n) is 3.10. The second-order valence-corrected chi connectivity index (χ2v) is 7.44. The first kappa shape index (κ1) is 28.4. The topological polar surface area (TPSA) is 247 Å². The predicted molar refractivity (Wildman–Crippen MR) is 105 cm³/mol. The minimum Gasteiger partial charge on any atom is -0.394 e. The molecule has 1 fully saturated rings. The molecule has 0 aliphatic carbocycles. The summed E-state index contributed by atoms with van der Waals surface area (Å²) in [5.41, 5.74) is 8.31. The van der Waals surface area contributed by atoms with Gasteiger partial charge in [-0.1, -0.05) is 5.11 Å². The van der Waals surface area contributed by atoms with Gasteiger partial charge in [0.2, 0.25) is 5.91 Å². The van der Waals surface area contributed by atoms with Crippen molar-refractivity contribution in [2.75, 3.05) is 26.4 Å². The quantitative estimate of drug-likeness (QED) is 0.0432. The SMILES string of the molecule is CC(=O)N[C@H]1C(OC(C)(O)[C@@H](O)[C@@H](O)C(O)CO)[C@H](O)C(CO)O[C@H]1OCCCN=[N+]=[N-]. The molecule has 0 aromatic carbocycles. The van der Waals surface area contributed by atoms with Crippen molar-refractivity contribution in [3.8, 4) is 0 Å². The van der Waals surface area contributed by atoms with Gasteiger partial charge in [0.05, 0.1) is 13.2 Å². The number of carbonyl (C=O) groups excluding carboxylic acids is 1. The Morgan fingerprint density at radius 3 is 2.53 bits per heavy atom. The molecule has 1 rings (SSSR count). The summed E-state index contributed by atoms with van der Waals surface area (Å²) in [7, 11) is 0. The van der Waals surface area contributed by atoms with E-state index in [1.807, 2.05) is 0 Å². The third-order valence-corrected chi connectivity index (χ3v) is 4.80. The van der Waals surface area contributed by atoms with E-state index in [2.05, 4.69) is 15.3 Å². The van der Waals surface area contributed by atoms with Crippen LogP contribution in [-0.2, 0) is 19.0 Å². The van der Waals surface area contributed by atoms with Crippen molar-refractivity contribution < 1.29 is 54.8 Å². The van der Waals surface area contributed by atoms with Crippen molar-refractivity contribution >= 4 is 5.91 Å². The van der Waals surface area contributed by atoms with Gasteiger partial charge in [-0.2, -0.15) is 0 Å². The Morgan fingerprint density at radius 2 is 2.00 bits per heavy atom. The highest BCUT2D eigenvalue weighted by Gasteiger charge is 2.51. The fourth-order valence-corrected chi connectivity index (χ4v) is 3.10. The highest BCUT2D eigenvalue weighted by molar-refractivity contribution is 5.73. The molecule has 0 bridgehead atoms. The van der Waals surface area contributed by atoms with E-state index in [0.29, 0.717) is 0 Å². The molecule has 1 amide bonds. The number of nitrogens with one attached hydrogen (secondary N) is 1. The molecule has 1 heterocycles. The zero-order valence-corrected chi connectivity index (χ0v) is 17.8. The van der Waals surface area contributed by atoms with E-state index in [1.165, 1.54) is 0 Å². The van der Waals surface area contributed by atoms with Gasteiger partial charge in [0.15, 0.2) is 12.1 Å². The van der Waals surface area contributed by atoms with Gasteiger partial charge in [-0.25, -0.2) is 0 Å². The molecule has 0 aromatic heterocycles. The summed E-state index contributed by atoms with van der Waals surface area (Å²) in [6.45, 7) is 0.605. The maximum atomic E-state index is 11.7. The average Bonchev–Trinajstić information content (AvgIpc) is 2.75. The zero-order chi connectivity index (χ0) is 24.5. The van der Waals surface area contributed by atoms with Crippen LogP contribution in [0, 0.1) is 0 Å². The van der Waals surface area contributed by atoms with Gasteiger partial charge in [-0.15, -0.1) is 0 Å². The van der Waals surface area contributed by atoms with Gasteiger partial charge < -0.3 is 55.3 Å². The highest BCUT2D eigenvalue weighted by Crippen LogP contribution is 2.29. The number of azide groups is 1. The Bertz CT molecular complexity index is 634. The summed E-state index contributed by atoms with van der Waals surface area (Å²) in [5.74, 6) is -3.18. The van der Waals surface area contributed by atoms with Crippen LogP contribution >= 0.6 is 0 Å². The molecule has 0 saturated carbocycles. The number of hydrogen-bond acceptors (Lipinski definition) is 12. The Balaban J connectivity index is 3.12. The van der Waals surface area contributed by atoms with E-state index in [-0.39, 0.29) is 19.6 Å². The van der Waals surface area contributed by atoms with Gasteiger partial charge in [0, 0.05) is 25.0 Å². The second kappa shape index (κ2) is 13.2. The van der Waals surface area contributed by atoms with Crippen molar-refractivity contribution in [2.24, 2.45) is 5.11 Å². The molecular weight excluding hydrogens is 436 g/mol. The Morgan fingerprint density at radius 1 is 1.34 bits per heavy atom. The molecule has 1 aliphatic heterocycles. The van der Waals surface area contributed by atoms with Gasteiger partial charge in [0.1, 0.15) is 42.7 Å². The van der Waals surface area contributed by atoms with Crippen LogP contribution < -0.4 is 5.32 Å². The van der Waals surface area contributed by atoms with Crippen LogP contribution in [0.1, 0.15) is 20.3 Å². The molecule has 0 radical (unpaired) electrons. The molecule has 32 heavy (non-hydrogen) atoms. The summed E-state index contributed by atoms with van der Waals surface area (Å²) >= 11 is 0. The zero-order valence-electron chi connectivity index (χ0n) is 17.8. The number of ether oxygens (including phenoxy) is 3. The Kier molecular flexibility index (Phi) is 11.7. The van der Waals surface area contributed by atoms with E-state index in [0.717, 1.165) is 13.8 Å². The van der Waals surface area contributed by atoms with Crippen LogP contribution in [0.25, 0.3) is 10.4 Å². The highest BCUT2D eigenvalue weighted by atomic mass is 16.7. The van der Waals surface area contributed by atoms with Crippen LogP contribution in [0.4, 0.5) is 0 Å². The van der Waals surface area contributed by atoms with E-state index in [9.17, 15) is 35.4 Å². The summed E-state index contributed by atoms with van der Waals surface area (Å²) < 4.78 is 16.5. The molecule has 4 unspecified atom stereocenters. The van der Waals surface area contributed by atoms with Crippen LogP contribution in [0.3, 0.4) is 0 Å². The minimum atomic E-state index is -2.60. The fraction of sp³-hybridized carbons (Fsp3) is 0.941. The Labute approximate surface area is 183 Å². The first-order valence-corrected chi connectivity index (χ1v) is 9.89. The molecule has 15 nitrogen and oxygen atoms in total. The summed E-state index contributed by atoms with van der Waals surface area (Å²) in [4.78, 5) is 14.3. The molecule has 0 spiro atoms. The van der Waals surface area contributed by atoms with Crippen molar-refractivity contribution in [3.63, 3.8) is 0 Å². The van der Waals surface area contributed by atoms with Crippen LogP contribution in [0.15, 0.2) is 5.11 Å². The largest absolute Gasteiger partial charge is 0.394 e. The minimum absolute atomic E-state index is 0.00115. The third kappa shape index (κ3) is 7.75. The summed E-state index contributed by atoms with van der Waals surface area (Å²) in [6, 6.07) is -1.25. The van der Waals surface area contributed by atoms with Crippen LogP contribution in [0.5, 0.6) is 0 Å². The number of aliphatic hydroxyl groups is 7. The maximum Gasteiger partial charge on any atom is 0.217 e. The van der Waals surface area contributed by atoms with E-state index in [1.54, 1.807) is 0 Å². The lowest BCUT2D eigenvalue weighted by Gasteiger charge is -2.47. The normalized spacial score (nSPS) is 30.5. The Hall–Kier alpha value is -1.62. The molecule has 0 aromatic rings. The van der Waals surface area contributed by atoms with Crippen molar-refractivity contribution in [3.05, 3.63) is 10.4 Å². The standard InChI is InChI=1S/C17H32N4O11/c1-8(24)20-11-14(32-17(2,29)15(28)12(26)9(25)6-22)13(27)10(7-23)31-16(11)30-5-3-4-19-21-18/h9-16,22-23,25-29H,3-7H2,1-2H3,(H,20,24)/t9?,10?,11-,12-,13+,14?,15-,16+,17?/m0/s1. The molecule has 9 atom stereocenters. The lowest BCUT2D eigenvalue weighted by Crippen LogP contribution is -2.68. The second-order valence-electron chi connectivity index (χ2n) is 7.44. The monoisotopic (exact) mass is 468 g/mol. The number of hydrogen-bond donors (Lipinski definition) is 8. The summed E-state index contributed by atoms with van der Waals surface area (Å²) in [6.07, 6.45) is -11.4. The third-order valence-electron chi connectivity index (χ3n) is 4.80. The number of carbonyl (C=O) groups is 1. The lowest BCUT2D eigenvalue weighted by atomic mass is 9.95. The van der Waals surface area contributed by atoms with Gasteiger partial charge in [0.25, 0.3) is 0 Å². The van der Waals surface area contributed by atoms with Gasteiger partial charge in [-0.05, 0) is 18.9 Å². The molecular formula is C17H32N4O11. The van der Waals surface area contributed by atoms with Gasteiger partial charge >= 0.3 is 0 Å². The lowest BCUT2D eigenvalue weighted by molar-refractivity contribution is -0.341. The average molecular weight is 468 g/mol. The first-order valence-electron chi connectivity index (χ1n) is 9.89. The van der Waals surface area contributed by atoms with Crippen molar-refractivity contribution in [1.29, 1.82) is 0 Å². The van der Waals surface area contributed by atoms with Gasteiger partial charge in [-0.3, -0.25) is 4.79 Å². The number of nitrogens with zero attached hydrogens (tertiary/aromatic N) is 3. The van der Waals surface area contributed by atoms with E-state index >= 15 is 0 Å². The van der Waals surface area contributed by atoms with Crippen molar-refractivity contribution in [2.45, 2.75) is 75.0 Å². The molecule has 1 aliphatic rings. The molecule has 186 valence electrons. The summed E-state index contributed by atoms with van der Waals surface area (Å²) in [5, 5.41) is 75.2. The van der Waals surface area contributed by atoms with Crippen LogP contribution in [-0.4, -0.2) is 123 Å². The molecule has 1 saturated heterocycles. The van der Waals surface area contributed by atoms with E-state index < -0.39 is 73.9 Å². The first-order chi connectivity index (χ1) is 15.0. The number of aliphatic hydroxyl groups excluding tert-OH is 6. The number of rotatable bonds is 13. The van der Waals surface area contributed by atoms with Crippen molar-refractivity contribution in [1.82, 2.24) is 5.32 Å². The molecule has 8 N–H and O–H groups in total. The van der Waals surface area contributed by atoms with Crippen LogP contribution in [0.2, 0.25) is 0 Å². The number of amides is 1. The smallest absolute Gasteiger partial charge is 0.217 e. The van der Waals surface area contributed by atoms with E-state index in [4.69, 9.17) is 24.8 Å². The maximum absolute atomic E-state index is 11.7.